The highest BCUT2D eigenvalue weighted by molar-refractivity contribution is 7.87. The van der Waals surface area contributed by atoms with Crippen LogP contribution in [0.5, 0.6) is 0 Å². The highest BCUT2D eigenvalue weighted by atomic mass is 32.2. The molecule has 0 fully saturated rings. The molecule has 0 N–H and O–H groups in total. The van der Waals surface area contributed by atoms with E-state index in [1.165, 1.54) is 6.07 Å². The molecule has 1 aromatic heterocycles. The number of aromatic nitrogens is 1. The van der Waals surface area contributed by atoms with Crippen molar-refractivity contribution in [1.29, 1.82) is 0 Å². The fourth-order valence-corrected chi connectivity index (χ4v) is 2.85. The molecule has 0 aliphatic carbocycles. The minimum absolute atomic E-state index is 0.115. The van der Waals surface area contributed by atoms with E-state index in [1.54, 1.807) is 32.2 Å². The molecule has 2 aromatic rings. The van der Waals surface area contributed by atoms with Gasteiger partial charge >= 0.3 is 0 Å². The van der Waals surface area contributed by atoms with Gasteiger partial charge in [-0.1, -0.05) is 18.2 Å². The van der Waals surface area contributed by atoms with Crippen molar-refractivity contribution < 1.29 is 12.6 Å². The van der Waals surface area contributed by atoms with Crippen LogP contribution in [0.25, 0.3) is 10.9 Å². The summed E-state index contributed by atoms with van der Waals surface area (Å²) in [5.74, 6) is 0. The Morgan fingerprint density at radius 3 is 2.59 bits per heavy atom. The molecule has 1 heterocycles. The predicted octanol–water partition coefficient (Wildman–Crippen LogP) is 2.35. The lowest BCUT2D eigenvalue weighted by Crippen LogP contribution is -2.13. The fraction of sp³-hybridized carbons (Fsp3) is 0.250. The van der Waals surface area contributed by atoms with E-state index in [9.17, 15) is 8.42 Å². The van der Waals surface area contributed by atoms with Gasteiger partial charge in [0.05, 0.1) is 11.6 Å². The number of para-hydroxylation sites is 1. The van der Waals surface area contributed by atoms with Crippen molar-refractivity contribution in [3.63, 3.8) is 0 Å². The molecule has 0 saturated carbocycles. The first-order chi connectivity index (χ1) is 8.00. The van der Waals surface area contributed by atoms with Crippen LogP contribution in [0, 0.1) is 0 Å². The van der Waals surface area contributed by atoms with Crippen LogP contribution in [0.1, 0.15) is 13.8 Å². The summed E-state index contributed by atoms with van der Waals surface area (Å²) in [4.78, 5) is 4.21. The van der Waals surface area contributed by atoms with Crippen LogP contribution < -0.4 is 0 Å². The summed E-state index contributed by atoms with van der Waals surface area (Å²) in [6.45, 7) is 3.35. The molecular formula is C12H13NO3S. The highest BCUT2D eigenvalue weighted by Gasteiger charge is 2.20. The Balaban J connectivity index is 2.63. The van der Waals surface area contributed by atoms with Gasteiger partial charge in [0.2, 0.25) is 0 Å². The second kappa shape index (κ2) is 4.43. The maximum absolute atomic E-state index is 12.0. The van der Waals surface area contributed by atoms with Gasteiger partial charge in [0.15, 0.2) is 0 Å². The van der Waals surface area contributed by atoms with Crippen molar-refractivity contribution >= 4 is 21.0 Å². The normalized spacial score (nSPS) is 12.2. The van der Waals surface area contributed by atoms with Crippen molar-refractivity contribution in [1.82, 2.24) is 4.98 Å². The van der Waals surface area contributed by atoms with E-state index >= 15 is 0 Å². The van der Waals surface area contributed by atoms with Crippen LogP contribution in [0.3, 0.4) is 0 Å². The first-order valence-corrected chi connectivity index (χ1v) is 6.68. The third-order valence-corrected chi connectivity index (χ3v) is 3.69. The maximum Gasteiger partial charge on any atom is 0.299 e. The van der Waals surface area contributed by atoms with Crippen molar-refractivity contribution in [2.45, 2.75) is 24.8 Å². The number of hydrogen-bond acceptors (Lipinski definition) is 4. The summed E-state index contributed by atoms with van der Waals surface area (Å²) < 4.78 is 29.0. The van der Waals surface area contributed by atoms with E-state index in [4.69, 9.17) is 4.18 Å². The zero-order valence-electron chi connectivity index (χ0n) is 9.62. The second-order valence-corrected chi connectivity index (χ2v) is 5.47. The van der Waals surface area contributed by atoms with E-state index in [0.29, 0.717) is 5.52 Å². The summed E-state index contributed by atoms with van der Waals surface area (Å²) in [5.41, 5.74) is 0.440. The molecule has 0 radical (unpaired) electrons. The molecule has 0 unspecified atom stereocenters. The molecule has 0 bridgehead atoms. The van der Waals surface area contributed by atoms with Gasteiger partial charge in [-0.15, -0.1) is 0 Å². The van der Waals surface area contributed by atoms with Crippen LogP contribution >= 0.6 is 0 Å². The third kappa shape index (κ3) is 2.45. The smallest absolute Gasteiger partial charge is 0.264 e. The number of hydrogen-bond donors (Lipinski definition) is 0. The van der Waals surface area contributed by atoms with Crippen LogP contribution in [-0.4, -0.2) is 19.5 Å². The molecule has 0 spiro atoms. The topological polar surface area (TPSA) is 56.3 Å². The quantitative estimate of drug-likeness (QED) is 0.786. The monoisotopic (exact) mass is 251 g/mol. The predicted molar refractivity (Wildman–Crippen MR) is 65.1 cm³/mol. The van der Waals surface area contributed by atoms with E-state index < -0.39 is 10.1 Å². The number of fused-ring (bicyclic) bond motifs is 1. The molecule has 5 heteroatoms. The molecule has 0 aliphatic rings. The molecular weight excluding hydrogens is 238 g/mol. The molecule has 2 rings (SSSR count). The SMILES string of the molecule is CC(C)OS(=O)(=O)c1cccc2cccnc12. The van der Waals surface area contributed by atoms with Crippen LogP contribution in [0.2, 0.25) is 0 Å². The first kappa shape index (κ1) is 12.0. The zero-order chi connectivity index (χ0) is 12.5. The maximum atomic E-state index is 12.0. The Morgan fingerprint density at radius 1 is 1.18 bits per heavy atom. The van der Waals surface area contributed by atoms with Gasteiger partial charge in [0, 0.05) is 11.6 Å². The van der Waals surface area contributed by atoms with Crippen LogP contribution in [-0.2, 0) is 14.3 Å². The Kier molecular flexibility index (Phi) is 3.13. The number of pyridine rings is 1. The van der Waals surface area contributed by atoms with Gasteiger partial charge < -0.3 is 0 Å². The molecule has 0 saturated heterocycles. The van der Waals surface area contributed by atoms with Gasteiger partial charge in [-0.25, -0.2) is 0 Å². The van der Waals surface area contributed by atoms with Gasteiger partial charge in [-0.05, 0) is 26.0 Å². The Bertz CT molecular complexity index is 630. The van der Waals surface area contributed by atoms with E-state index in [-0.39, 0.29) is 11.0 Å². The molecule has 0 aliphatic heterocycles. The second-order valence-electron chi connectivity index (χ2n) is 3.93. The highest BCUT2D eigenvalue weighted by Crippen LogP contribution is 2.22. The van der Waals surface area contributed by atoms with Crippen molar-refractivity contribution in [2.24, 2.45) is 0 Å². The summed E-state index contributed by atoms with van der Waals surface area (Å²) >= 11 is 0. The minimum atomic E-state index is -3.75. The third-order valence-electron chi connectivity index (χ3n) is 2.18. The average molecular weight is 251 g/mol. The summed E-state index contributed by atoms with van der Waals surface area (Å²) in [6.07, 6.45) is 1.18. The molecule has 90 valence electrons. The molecule has 1 aromatic carbocycles. The van der Waals surface area contributed by atoms with Gasteiger partial charge in [0.25, 0.3) is 10.1 Å². The van der Waals surface area contributed by atoms with E-state index in [1.807, 2.05) is 12.1 Å². The summed E-state index contributed by atoms with van der Waals surface area (Å²) in [6, 6.07) is 8.59. The first-order valence-electron chi connectivity index (χ1n) is 5.28. The van der Waals surface area contributed by atoms with Gasteiger partial charge in [-0.3, -0.25) is 9.17 Å². The molecule has 4 nitrogen and oxygen atoms in total. The standard InChI is InChI=1S/C12H13NO3S/c1-9(2)16-17(14,15)11-7-3-5-10-6-4-8-13-12(10)11/h3-9H,1-2H3. The van der Waals surface area contributed by atoms with Gasteiger partial charge in [-0.2, -0.15) is 8.42 Å². The van der Waals surface area contributed by atoms with Crippen molar-refractivity contribution in [3.05, 3.63) is 36.5 Å². The van der Waals surface area contributed by atoms with Crippen LogP contribution in [0.15, 0.2) is 41.4 Å². The average Bonchev–Trinajstić information content (AvgIpc) is 2.26. The number of benzene rings is 1. The Labute approximate surface area is 100 Å². The van der Waals surface area contributed by atoms with Crippen molar-refractivity contribution in [2.75, 3.05) is 0 Å². The Morgan fingerprint density at radius 2 is 1.88 bits per heavy atom. The van der Waals surface area contributed by atoms with Crippen molar-refractivity contribution in [3.8, 4) is 0 Å². The van der Waals surface area contributed by atoms with Crippen LogP contribution in [0.4, 0.5) is 0 Å². The largest absolute Gasteiger partial charge is 0.299 e. The lowest BCUT2D eigenvalue weighted by Gasteiger charge is -2.09. The van der Waals surface area contributed by atoms with Gasteiger partial charge in [0.1, 0.15) is 4.90 Å². The minimum Gasteiger partial charge on any atom is -0.264 e. The van der Waals surface area contributed by atoms with E-state index in [0.717, 1.165) is 5.39 Å². The van der Waals surface area contributed by atoms with E-state index in [2.05, 4.69) is 4.98 Å². The number of rotatable bonds is 3. The lowest BCUT2D eigenvalue weighted by atomic mass is 10.2. The lowest BCUT2D eigenvalue weighted by molar-refractivity contribution is 0.249. The number of nitrogens with zero attached hydrogens (tertiary/aromatic N) is 1. The zero-order valence-corrected chi connectivity index (χ0v) is 10.4. The summed E-state index contributed by atoms with van der Waals surface area (Å²) in [5, 5.41) is 0.779. The fourth-order valence-electron chi connectivity index (χ4n) is 1.58. The molecule has 0 atom stereocenters. The summed E-state index contributed by atoms with van der Waals surface area (Å²) in [7, 11) is -3.75. The molecule has 17 heavy (non-hydrogen) atoms. The molecule has 0 amide bonds. The Hall–Kier alpha value is -1.46.